The number of hydrogen-bond donors (Lipinski definition) is 0. The quantitative estimate of drug-likeness (QED) is 0.812. The Labute approximate surface area is 157 Å². The highest BCUT2D eigenvalue weighted by atomic mass is 19.1. The molecule has 4 rings (SSSR count). The van der Waals surface area contributed by atoms with Crippen molar-refractivity contribution in [1.82, 2.24) is 4.57 Å². The van der Waals surface area contributed by atoms with Gasteiger partial charge in [-0.15, -0.1) is 0 Å². The number of carbonyl (C=O) groups is 1. The highest BCUT2D eigenvalue weighted by Crippen LogP contribution is 2.35. The summed E-state index contributed by atoms with van der Waals surface area (Å²) in [5.41, 5.74) is 1.52. The molecule has 1 saturated heterocycles. The summed E-state index contributed by atoms with van der Waals surface area (Å²) >= 11 is 0. The zero-order valence-electron chi connectivity index (χ0n) is 15.6. The van der Waals surface area contributed by atoms with Crippen LogP contribution in [-0.2, 0) is 11.3 Å². The van der Waals surface area contributed by atoms with E-state index >= 15 is 0 Å². The van der Waals surface area contributed by atoms with Crippen molar-refractivity contribution >= 4 is 11.6 Å². The van der Waals surface area contributed by atoms with Gasteiger partial charge < -0.3 is 14.2 Å². The molecular formula is C21H23FN2O3. The molecular weight excluding hydrogens is 347 g/mol. The summed E-state index contributed by atoms with van der Waals surface area (Å²) in [4.78, 5) is 27.0. The first-order chi connectivity index (χ1) is 13.0. The zero-order valence-corrected chi connectivity index (χ0v) is 15.6. The molecule has 1 aliphatic heterocycles. The topological polar surface area (TPSA) is 51.5 Å². The Hall–Kier alpha value is -2.63. The normalized spacial score (nSPS) is 19.6. The van der Waals surface area contributed by atoms with Gasteiger partial charge in [0.1, 0.15) is 17.3 Å². The van der Waals surface area contributed by atoms with Crippen LogP contribution in [0.15, 0.2) is 35.3 Å². The molecule has 0 unspecified atom stereocenters. The number of ether oxygens (including phenoxy) is 1. The van der Waals surface area contributed by atoms with E-state index in [1.807, 2.05) is 6.92 Å². The first kappa shape index (κ1) is 17.8. The summed E-state index contributed by atoms with van der Waals surface area (Å²) < 4.78 is 21.4. The molecule has 2 aromatic rings. The van der Waals surface area contributed by atoms with E-state index in [0.717, 1.165) is 18.4 Å². The van der Waals surface area contributed by atoms with Crippen LogP contribution < -0.4 is 15.2 Å². The van der Waals surface area contributed by atoms with E-state index in [2.05, 4.69) is 0 Å². The number of pyridine rings is 1. The number of carbonyl (C=O) groups excluding carboxylic acids is 1. The number of rotatable bonds is 5. The summed E-state index contributed by atoms with van der Waals surface area (Å²) in [5.74, 6) is 0.235. The molecule has 1 aromatic carbocycles. The minimum absolute atomic E-state index is 0.143. The molecule has 1 aliphatic carbocycles. The van der Waals surface area contributed by atoms with E-state index in [4.69, 9.17) is 4.74 Å². The maximum atomic E-state index is 14.6. The van der Waals surface area contributed by atoms with Crippen LogP contribution in [0.1, 0.15) is 36.3 Å². The molecule has 142 valence electrons. The van der Waals surface area contributed by atoms with Crippen molar-refractivity contribution in [3.05, 3.63) is 57.8 Å². The van der Waals surface area contributed by atoms with Crippen molar-refractivity contribution in [2.75, 3.05) is 18.6 Å². The number of anilines is 1. The molecule has 27 heavy (non-hydrogen) atoms. The Morgan fingerprint density at radius 2 is 2.04 bits per heavy atom. The SMILES string of the molecule is COc1cc(C)c([C@H]2CC(=O)N(c3cccn(CC4CC4)c3=O)C2)c(F)c1. The zero-order chi connectivity index (χ0) is 19.1. The largest absolute Gasteiger partial charge is 0.497 e. The Kier molecular flexibility index (Phi) is 4.50. The molecule has 0 radical (unpaired) electrons. The van der Waals surface area contributed by atoms with Crippen LogP contribution in [-0.4, -0.2) is 24.1 Å². The second kappa shape index (κ2) is 6.83. The molecule has 2 heterocycles. The second-order valence-corrected chi connectivity index (χ2v) is 7.54. The van der Waals surface area contributed by atoms with Crippen molar-refractivity contribution in [2.24, 2.45) is 5.92 Å². The number of aromatic nitrogens is 1. The molecule has 1 atom stereocenters. The third kappa shape index (κ3) is 3.36. The van der Waals surface area contributed by atoms with Gasteiger partial charge in [0, 0.05) is 37.7 Å². The van der Waals surface area contributed by atoms with Gasteiger partial charge in [0.05, 0.1) is 7.11 Å². The maximum absolute atomic E-state index is 14.6. The van der Waals surface area contributed by atoms with Crippen LogP contribution in [0.4, 0.5) is 10.1 Å². The lowest BCUT2D eigenvalue weighted by Crippen LogP contribution is -2.33. The Balaban J connectivity index is 1.63. The monoisotopic (exact) mass is 370 g/mol. The third-order valence-electron chi connectivity index (χ3n) is 5.52. The van der Waals surface area contributed by atoms with Crippen molar-refractivity contribution < 1.29 is 13.9 Å². The molecule has 1 aromatic heterocycles. The van der Waals surface area contributed by atoms with E-state index in [0.29, 0.717) is 36.0 Å². The summed E-state index contributed by atoms with van der Waals surface area (Å²) in [7, 11) is 1.50. The van der Waals surface area contributed by atoms with Crippen LogP contribution in [0.5, 0.6) is 5.75 Å². The number of hydrogen-bond acceptors (Lipinski definition) is 3. The standard InChI is InChI=1S/C21H23FN2O3/c1-13-8-16(27-2)10-17(22)20(13)15-9-19(25)24(12-15)18-4-3-7-23(21(18)26)11-14-5-6-14/h3-4,7-8,10,14-15H,5-6,9,11-12H2,1-2H3/t15-/m0/s1. The van der Waals surface area contributed by atoms with Gasteiger partial charge in [-0.3, -0.25) is 9.59 Å². The number of amides is 1. The molecule has 6 heteroatoms. The van der Waals surface area contributed by atoms with Gasteiger partial charge in [-0.2, -0.15) is 0 Å². The van der Waals surface area contributed by atoms with Crippen LogP contribution in [0.25, 0.3) is 0 Å². The van der Waals surface area contributed by atoms with Gasteiger partial charge in [0.25, 0.3) is 5.56 Å². The molecule has 2 fully saturated rings. The van der Waals surface area contributed by atoms with Gasteiger partial charge in [0.2, 0.25) is 5.91 Å². The first-order valence-electron chi connectivity index (χ1n) is 9.31. The van der Waals surface area contributed by atoms with Gasteiger partial charge in [0.15, 0.2) is 0 Å². The summed E-state index contributed by atoms with van der Waals surface area (Å²) in [6, 6.07) is 6.61. The average Bonchev–Trinajstić information content (AvgIpc) is 3.37. The molecule has 0 N–H and O–H groups in total. The Morgan fingerprint density at radius 3 is 2.70 bits per heavy atom. The van der Waals surface area contributed by atoms with E-state index in [1.54, 1.807) is 29.0 Å². The smallest absolute Gasteiger partial charge is 0.274 e. The highest BCUT2D eigenvalue weighted by Gasteiger charge is 2.35. The van der Waals surface area contributed by atoms with Gasteiger partial charge in [-0.05, 0) is 55.0 Å². The molecule has 1 saturated carbocycles. The van der Waals surface area contributed by atoms with E-state index in [1.165, 1.54) is 18.1 Å². The van der Waals surface area contributed by atoms with E-state index in [9.17, 15) is 14.0 Å². The highest BCUT2D eigenvalue weighted by molar-refractivity contribution is 5.96. The molecule has 1 amide bonds. The van der Waals surface area contributed by atoms with E-state index in [-0.39, 0.29) is 29.6 Å². The van der Waals surface area contributed by atoms with Gasteiger partial charge in [-0.25, -0.2) is 4.39 Å². The first-order valence-corrected chi connectivity index (χ1v) is 9.31. The van der Waals surface area contributed by atoms with Crippen molar-refractivity contribution in [3.63, 3.8) is 0 Å². The predicted octanol–water partition coefficient (Wildman–Crippen LogP) is 3.23. The maximum Gasteiger partial charge on any atom is 0.274 e. The van der Waals surface area contributed by atoms with Gasteiger partial charge >= 0.3 is 0 Å². The van der Waals surface area contributed by atoms with Crippen molar-refractivity contribution in [3.8, 4) is 5.75 Å². The lowest BCUT2D eigenvalue weighted by Gasteiger charge is -2.19. The van der Waals surface area contributed by atoms with Crippen molar-refractivity contribution in [2.45, 2.75) is 38.6 Å². The van der Waals surface area contributed by atoms with Crippen LogP contribution in [0.3, 0.4) is 0 Å². The predicted molar refractivity (Wildman–Crippen MR) is 101 cm³/mol. The summed E-state index contributed by atoms with van der Waals surface area (Å²) in [6.45, 7) is 2.83. The number of benzene rings is 1. The lowest BCUT2D eigenvalue weighted by molar-refractivity contribution is -0.117. The summed E-state index contributed by atoms with van der Waals surface area (Å²) in [5, 5.41) is 0. The van der Waals surface area contributed by atoms with Crippen LogP contribution in [0, 0.1) is 18.7 Å². The minimum atomic E-state index is -0.370. The van der Waals surface area contributed by atoms with Crippen LogP contribution >= 0.6 is 0 Å². The van der Waals surface area contributed by atoms with Crippen LogP contribution in [0.2, 0.25) is 0 Å². The summed E-state index contributed by atoms with van der Waals surface area (Å²) in [6.07, 6.45) is 4.27. The average molecular weight is 370 g/mol. The molecule has 0 bridgehead atoms. The van der Waals surface area contributed by atoms with Crippen molar-refractivity contribution in [1.29, 1.82) is 0 Å². The number of aryl methyl sites for hydroxylation is 1. The molecule has 0 spiro atoms. The molecule has 2 aliphatic rings. The Morgan fingerprint density at radius 1 is 1.26 bits per heavy atom. The Bertz CT molecular complexity index is 926. The second-order valence-electron chi connectivity index (χ2n) is 7.54. The van der Waals surface area contributed by atoms with E-state index < -0.39 is 0 Å². The fourth-order valence-electron chi connectivity index (χ4n) is 3.94. The molecule has 5 nitrogen and oxygen atoms in total. The number of halogens is 1. The van der Waals surface area contributed by atoms with Gasteiger partial charge in [-0.1, -0.05) is 0 Å². The number of methoxy groups -OCH3 is 1. The fraction of sp³-hybridized carbons (Fsp3) is 0.429. The third-order valence-corrected chi connectivity index (χ3v) is 5.52. The fourth-order valence-corrected chi connectivity index (χ4v) is 3.94. The minimum Gasteiger partial charge on any atom is -0.497 e. The number of nitrogens with zero attached hydrogens (tertiary/aromatic N) is 2. The lowest BCUT2D eigenvalue weighted by atomic mass is 9.93.